The van der Waals surface area contributed by atoms with Gasteiger partial charge >= 0.3 is 18.0 Å². The summed E-state index contributed by atoms with van der Waals surface area (Å²) in [5, 5.41) is 9.62. The summed E-state index contributed by atoms with van der Waals surface area (Å²) in [5.74, 6) is -2.37. The Morgan fingerprint density at radius 2 is 1.63 bits per heavy atom. The van der Waals surface area contributed by atoms with E-state index in [1.165, 1.54) is 6.92 Å². The van der Waals surface area contributed by atoms with Gasteiger partial charge in [-0.15, -0.1) is 0 Å². The molecule has 0 unspecified atom stereocenters. The van der Waals surface area contributed by atoms with E-state index in [1.807, 2.05) is 30.3 Å². The van der Waals surface area contributed by atoms with Gasteiger partial charge in [-0.05, 0) is 54.0 Å². The van der Waals surface area contributed by atoms with Crippen LogP contribution in [0.3, 0.4) is 0 Å². The van der Waals surface area contributed by atoms with Crippen LogP contribution in [0.5, 0.6) is 0 Å². The molecule has 1 aromatic rings. The van der Waals surface area contributed by atoms with Crippen LogP contribution >= 0.6 is 0 Å². The summed E-state index contributed by atoms with van der Waals surface area (Å²) < 4.78 is 16.1. The standard InChI is InChI=1S/C27H37N3O8/c1-15(28-25(34)37-27(5,6)7)24(33)29-17-13-18(35-19(31)14-20(32)36-26(2,3)4)21-22(30-38-23(17)21)16-11-9-8-10-12-16/h8-12,15,17-18,21,23H,13-14H2,1-7H3,(H,28,34)(H,29,33)/t15-,17+,18-,21-,23-/m0/s1. The van der Waals surface area contributed by atoms with Crippen molar-refractivity contribution >= 4 is 29.7 Å². The van der Waals surface area contributed by atoms with Gasteiger partial charge in [0.2, 0.25) is 5.91 Å². The van der Waals surface area contributed by atoms with E-state index in [0.29, 0.717) is 5.71 Å². The van der Waals surface area contributed by atoms with Gasteiger partial charge in [-0.2, -0.15) is 0 Å². The molecule has 11 nitrogen and oxygen atoms in total. The van der Waals surface area contributed by atoms with Gasteiger partial charge in [-0.1, -0.05) is 35.5 Å². The molecule has 2 aliphatic rings. The molecule has 0 aromatic heterocycles. The molecule has 0 saturated heterocycles. The number of esters is 2. The van der Waals surface area contributed by atoms with Gasteiger partial charge in [0, 0.05) is 6.42 Å². The average molecular weight is 532 g/mol. The van der Waals surface area contributed by atoms with E-state index in [-0.39, 0.29) is 6.42 Å². The molecule has 3 rings (SSSR count). The first-order valence-electron chi connectivity index (χ1n) is 12.6. The highest BCUT2D eigenvalue weighted by atomic mass is 16.7. The van der Waals surface area contributed by atoms with E-state index >= 15 is 0 Å². The van der Waals surface area contributed by atoms with E-state index in [9.17, 15) is 19.2 Å². The van der Waals surface area contributed by atoms with E-state index in [1.54, 1.807) is 41.5 Å². The zero-order chi connectivity index (χ0) is 28.3. The maximum Gasteiger partial charge on any atom is 0.408 e. The minimum atomic E-state index is -0.895. The first-order valence-corrected chi connectivity index (χ1v) is 12.6. The fourth-order valence-corrected chi connectivity index (χ4v) is 4.32. The Morgan fingerprint density at radius 1 is 1.00 bits per heavy atom. The van der Waals surface area contributed by atoms with Gasteiger partial charge in [0.1, 0.15) is 29.8 Å². The predicted octanol–water partition coefficient (Wildman–Crippen LogP) is 2.85. The number of carbonyl (C=O) groups excluding carboxylic acids is 4. The SMILES string of the molecule is C[C@H](NC(=O)OC(C)(C)C)C(=O)N[C@@H]1C[C@H](OC(=O)CC(=O)OC(C)(C)C)[C@H]2C(c3ccccc3)=NO[C@H]21. The topological polar surface area (TPSA) is 142 Å². The number of nitrogens with one attached hydrogen (secondary N) is 2. The van der Waals surface area contributed by atoms with Crippen LogP contribution in [-0.2, 0) is 33.4 Å². The van der Waals surface area contributed by atoms with Crippen molar-refractivity contribution in [1.82, 2.24) is 10.6 Å². The first kappa shape index (κ1) is 28.9. The highest BCUT2D eigenvalue weighted by Crippen LogP contribution is 2.39. The third kappa shape index (κ3) is 7.93. The summed E-state index contributed by atoms with van der Waals surface area (Å²) in [6, 6.07) is 7.84. The highest BCUT2D eigenvalue weighted by Gasteiger charge is 2.54. The van der Waals surface area contributed by atoms with Crippen LogP contribution in [0.4, 0.5) is 4.79 Å². The van der Waals surface area contributed by atoms with Crippen molar-refractivity contribution in [1.29, 1.82) is 0 Å². The van der Waals surface area contributed by atoms with Gasteiger partial charge in [0.05, 0.1) is 17.7 Å². The zero-order valence-corrected chi connectivity index (χ0v) is 22.9. The van der Waals surface area contributed by atoms with Gasteiger partial charge < -0.3 is 29.7 Å². The molecule has 1 aromatic carbocycles. The molecule has 1 heterocycles. The molecule has 0 bridgehead atoms. The molecule has 1 aliphatic heterocycles. The lowest BCUT2D eigenvalue weighted by atomic mass is 9.92. The van der Waals surface area contributed by atoms with E-state index in [2.05, 4.69) is 15.8 Å². The number of benzene rings is 1. The second kappa shape index (κ2) is 11.4. The zero-order valence-electron chi connectivity index (χ0n) is 22.9. The highest BCUT2D eigenvalue weighted by molar-refractivity contribution is 6.04. The van der Waals surface area contributed by atoms with Crippen molar-refractivity contribution in [2.45, 2.75) is 96.8 Å². The van der Waals surface area contributed by atoms with Crippen LogP contribution in [0.15, 0.2) is 35.5 Å². The number of hydrogen-bond acceptors (Lipinski definition) is 9. The van der Waals surface area contributed by atoms with Gasteiger partial charge in [-0.25, -0.2) is 4.79 Å². The Morgan fingerprint density at radius 3 is 2.24 bits per heavy atom. The van der Waals surface area contributed by atoms with Crippen LogP contribution in [0, 0.1) is 5.92 Å². The third-order valence-electron chi connectivity index (χ3n) is 5.74. The Kier molecular flexibility index (Phi) is 8.68. The van der Waals surface area contributed by atoms with Crippen molar-refractivity contribution in [3.63, 3.8) is 0 Å². The number of amides is 2. The number of alkyl carbamates (subject to hydrolysis) is 1. The van der Waals surface area contributed by atoms with Crippen molar-refractivity contribution in [3.05, 3.63) is 35.9 Å². The lowest BCUT2D eigenvalue weighted by Gasteiger charge is -2.23. The summed E-state index contributed by atoms with van der Waals surface area (Å²) >= 11 is 0. The Labute approximate surface area is 222 Å². The summed E-state index contributed by atoms with van der Waals surface area (Å²) in [4.78, 5) is 55.5. The molecule has 1 saturated carbocycles. The normalized spacial score (nSPS) is 23.3. The number of ether oxygens (including phenoxy) is 3. The molecule has 2 N–H and O–H groups in total. The fourth-order valence-electron chi connectivity index (χ4n) is 4.32. The lowest BCUT2D eigenvalue weighted by molar-refractivity contribution is -0.164. The van der Waals surface area contributed by atoms with E-state index < -0.39 is 71.8 Å². The number of hydrogen-bond donors (Lipinski definition) is 2. The molecule has 1 fully saturated rings. The molecule has 11 heteroatoms. The largest absolute Gasteiger partial charge is 0.461 e. The molecule has 0 radical (unpaired) electrons. The van der Waals surface area contributed by atoms with E-state index in [0.717, 1.165) is 5.56 Å². The quantitative estimate of drug-likeness (QED) is 0.311. The number of oxime groups is 1. The second-order valence-electron chi connectivity index (χ2n) is 11.4. The number of rotatable bonds is 7. The number of fused-ring (bicyclic) bond motifs is 1. The summed E-state index contributed by atoms with van der Waals surface area (Å²) in [6.07, 6.45) is -2.35. The molecule has 2 amide bonds. The molecular weight excluding hydrogens is 494 g/mol. The molecule has 0 spiro atoms. The molecule has 1 aliphatic carbocycles. The number of carbonyl (C=O) groups is 4. The van der Waals surface area contributed by atoms with Gasteiger partial charge in [-0.3, -0.25) is 14.4 Å². The van der Waals surface area contributed by atoms with Gasteiger partial charge in [0.25, 0.3) is 0 Å². The maximum atomic E-state index is 12.9. The van der Waals surface area contributed by atoms with E-state index in [4.69, 9.17) is 19.0 Å². The van der Waals surface area contributed by atoms with Crippen molar-refractivity contribution in [3.8, 4) is 0 Å². The second-order valence-corrected chi connectivity index (χ2v) is 11.4. The Balaban J connectivity index is 1.71. The molecule has 38 heavy (non-hydrogen) atoms. The van der Waals surface area contributed by atoms with Crippen molar-refractivity contribution < 1.29 is 38.2 Å². The minimum Gasteiger partial charge on any atom is -0.461 e. The van der Waals surface area contributed by atoms with Gasteiger partial charge in [0.15, 0.2) is 6.10 Å². The summed E-state index contributed by atoms with van der Waals surface area (Å²) in [7, 11) is 0. The smallest absolute Gasteiger partial charge is 0.408 e. The van der Waals surface area contributed by atoms with Crippen LogP contribution in [0.1, 0.15) is 66.9 Å². The average Bonchev–Trinajstić information content (AvgIpc) is 3.33. The maximum absolute atomic E-state index is 12.9. The molecular formula is C27H37N3O8. The lowest BCUT2D eigenvalue weighted by Crippen LogP contribution is -2.51. The minimum absolute atomic E-state index is 0.228. The van der Waals surface area contributed by atoms with Crippen LogP contribution < -0.4 is 10.6 Å². The molecule has 5 atom stereocenters. The Bertz CT molecular complexity index is 1070. The van der Waals surface area contributed by atoms with Crippen LogP contribution in [-0.4, -0.2) is 65.1 Å². The van der Waals surface area contributed by atoms with Crippen molar-refractivity contribution in [2.24, 2.45) is 11.1 Å². The monoisotopic (exact) mass is 531 g/mol. The number of nitrogens with zero attached hydrogens (tertiary/aromatic N) is 1. The third-order valence-corrected chi connectivity index (χ3v) is 5.74. The van der Waals surface area contributed by atoms with Crippen molar-refractivity contribution in [2.75, 3.05) is 0 Å². The Hall–Kier alpha value is -3.63. The molecule has 208 valence electrons. The van der Waals surface area contributed by atoms with Crippen LogP contribution in [0.2, 0.25) is 0 Å². The summed E-state index contributed by atoms with van der Waals surface area (Å²) in [6.45, 7) is 11.8. The predicted molar refractivity (Wildman–Crippen MR) is 137 cm³/mol. The summed E-state index contributed by atoms with van der Waals surface area (Å²) in [5.41, 5.74) is -0.0673. The van der Waals surface area contributed by atoms with Crippen LogP contribution in [0.25, 0.3) is 0 Å². The first-order chi connectivity index (χ1) is 17.6. The fraction of sp³-hybridized carbons (Fsp3) is 0.593.